The molecule has 0 unspecified atom stereocenters. The van der Waals surface area contributed by atoms with Crippen molar-refractivity contribution in [3.05, 3.63) is 58.3 Å². The molecule has 0 atom stereocenters. The van der Waals surface area contributed by atoms with Crippen molar-refractivity contribution in [2.45, 2.75) is 0 Å². The molecule has 0 saturated carbocycles. The number of hydrogen-bond donors (Lipinski definition) is 2. The minimum Gasteiger partial charge on any atom is -0.492 e. The monoisotopic (exact) mass is 352 g/mol. The van der Waals surface area contributed by atoms with Gasteiger partial charge in [0.2, 0.25) is 0 Å². The van der Waals surface area contributed by atoms with Crippen molar-refractivity contribution in [1.82, 2.24) is 0 Å². The quantitative estimate of drug-likeness (QED) is 0.868. The van der Waals surface area contributed by atoms with Crippen molar-refractivity contribution in [1.29, 1.82) is 0 Å². The summed E-state index contributed by atoms with van der Waals surface area (Å²) < 4.78 is 19.1. The first-order valence-electron chi connectivity index (χ1n) is 6.29. The maximum Gasteiger partial charge on any atom is 0.255 e. The first-order chi connectivity index (χ1) is 10.1. The van der Waals surface area contributed by atoms with Crippen LogP contribution in [0.5, 0.6) is 5.75 Å². The average Bonchev–Trinajstić information content (AvgIpc) is 2.48. The van der Waals surface area contributed by atoms with Crippen molar-refractivity contribution >= 4 is 27.5 Å². The van der Waals surface area contributed by atoms with E-state index in [1.165, 1.54) is 18.2 Å². The number of ether oxygens (including phenoxy) is 1. The molecule has 4 nitrogen and oxygen atoms in total. The smallest absolute Gasteiger partial charge is 0.255 e. The van der Waals surface area contributed by atoms with Gasteiger partial charge in [-0.3, -0.25) is 4.79 Å². The number of hydrogen-bond acceptors (Lipinski definition) is 3. The molecule has 0 fully saturated rings. The van der Waals surface area contributed by atoms with Crippen molar-refractivity contribution in [2.75, 3.05) is 18.5 Å². The molecule has 0 spiro atoms. The van der Waals surface area contributed by atoms with Crippen LogP contribution in [-0.4, -0.2) is 19.1 Å². The van der Waals surface area contributed by atoms with E-state index in [1.54, 1.807) is 24.3 Å². The molecule has 6 heteroatoms. The highest BCUT2D eigenvalue weighted by Crippen LogP contribution is 2.20. The topological polar surface area (TPSA) is 64.3 Å². The van der Waals surface area contributed by atoms with E-state index in [0.717, 1.165) is 0 Å². The van der Waals surface area contributed by atoms with E-state index < -0.39 is 11.7 Å². The van der Waals surface area contributed by atoms with E-state index in [9.17, 15) is 9.18 Å². The van der Waals surface area contributed by atoms with Gasteiger partial charge in [0.1, 0.15) is 18.2 Å². The lowest BCUT2D eigenvalue weighted by molar-refractivity contribution is 0.102. The third-order valence-corrected chi connectivity index (χ3v) is 3.30. The summed E-state index contributed by atoms with van der Waals surface area (Å²) in [6, 6.07) is 11.1. The second-order valence-corrected chi connectivity index (χ2v) is 5.10. The number of nitrogens with two attached hydrogens (primary N) is 1. The molecule has 110 valence electrons. The van der Waals surface area contributed by atoms with Gasteiger partial charge < -0.3 is 15.8 Å². The summed E-state index contributed by atoms with van der Waals surface area (Å²) in [5, 5.41) is 2.69. The van der Waals surface area contributed by atoms with Crippen LogP contribution in [0.1, 0.15) is 10.4 Å². The molecule has 0 aliphatic heterocycles. The second-order valence-electron chi connectivity index (χ2n) is 4.25. The molecule has 0 bridgehead atoms. The highest BCUT2D eigenvalue weighted by atomic mass is 79.9. The van der Waals surface area contributed by atoms with Crippen LogP contribution >= 0.6 is 15.9 Å². The summed E-state index contributed by atoms with van der Waals surface area (Å²) in [4.78, 5) is 12.0. The first-order valence-corrected chi connectivity index (χ1v) is 7.09. The third kappa shape index (κ3) is 4.27. The van der Waals surface area contributed by atoms with Crippen molar-refractivity contribution in [3.8, 4) is 5.75 Å². The average molecular weight is 353 g/mol. The first kappa shape index (κ1) is 15.5. The Kier molecular flexibility index (Phi) is 5.30. The van der Waals surface area contributed by atoms with Gasteiger partial charge in [-0.15, -0.1) is 0 Å². The Balaban J connectivity index is 2.10. The van der Waals surface area contributed by atoms with Gasteiger partial charge in [0.05, 0.1) is 4.47 Å². The summed E-state index contributed by atoms with van der Waals surface area (Å²) in [6.07, 6.45) is 0. The minimum atomic E-state index is -0.484. The predicted molar refractivity (Wildman–Crippen MR) is 83.0 cm³/mol. The van der Waals surface area contributed by atoms with Gasteiger partial charge in [0.15, 0.2) is 0 Å². The molecule has 2 aromatic carbocycles. The molecule has 3 N–H and O–H groups in total. The van der Waals surface area contributed by atoms with Crippen LogP contribution in [0.25, 0.3) is 0 Å². The fourth-order valence-electron chi connectivity index (χ4n) is 1.68. The molecule has 1 amide bonds. The predicted octanol–water partition coefficient (Wildman–Crippen LogP) is 3.18. The maximum absolute atomic E-state index is 13.4. The lowest BCUT2D eigenvalue weighted by Crippen LogP contribution is -2.13. The molecular formula is C15H14BrFN2O2. The summed E-state index contributed by atoms with van der Waals surface area (Å²) >= 11 is 3.05. The Morgan fingerprint density at radius 2 is 2.10 bits per heavy atom. The zero-order valence-electron chi connectivity index (χ0n) is 11.1. The Hall–Kier alpha value is -1.92. The van der Waals surface area contributed by atoms with Crippen LogP contribution in [0.3, 0.4) is 0 Å². The number of benzene rings is 2. The molecule has 21 heavy (non-hydrogen) atoms. The van der Waals surface area contributed by atoms with Crippen LogP contribution in [0.2, 0.25) is 0 Å². The zero-order valence-corrected chi connectivity index (χ0v) is 12.7. The van der Waals surface area contributed by atoms with Gasteiger partial charge in [-0.05, 0) is 46.3 Å². The van der Waals surface area contributed by atoms with Gasteiger partial charge in [-0.2, -0.15) is 0 Å². The van der Waals surface area contributed by atoms with Gasteiger partial charge in [-0.1, -0.05) is 6.07 Å². The Bertz CT molecular complexity index is 649. The van der Waals surface area contributed by atoms with Crippen LogP contribution in [-0.2, 0) is 0 Å². The van der Waals surface area contributed by atoms with E-state index in [1.807, 2.05) is 0 Å². The lowest BCUT2D eigenvalue weighted by atomic mass is 10.2. The van der Waals surface area contributed by atoms with E-state index in [4.69, 9.17) is 10.5 Å². The second kappa shape index (κ2) is 7.19. The van der Waals surface area contributed by atoms with Gasteiger partial charge >= 0.3 is 0 Å². The standard InChI is InChI=1S/C15H14BrFN2O2/c16-13-5-4-10(8-14(13)17)15(20)19-11-2-1-3-12(9-11)21-7-6-18/h1-5,8-9H,6-7,18H2,(H,19,20). The van der Waals surface area contributed by atoms with Crippen molar-refractivity contribution in [3.63, 3.8) is 0 Å². The lowest BCUT2D eigenvalue weighted by Gasteiger charge is -2.09. The molecule has 0 aliphatic carbocycles. The number of halogens is 2. The number of anilines is 1. The maximum atomic E-state index is 13.4. The summed E-state index contributed by atoms with van der Waals surface area (Å²) in [6.45, 7) is 0.810. The van der Waals surface area contributed by atoms with E-state index in [0.29, 0.717) is 29.1 Å². The fourth-order valence-corrected chi connectivity index (χ4v) is 1.93. The Morgan fingerprint density at radius 3 is 2.81 bits per heavy atom. The number of amides is 1. The number of nitrogens with one attached hydrogen (secondary N) is 1. The molecular weight excluding hydrogens is 339 g/mol. The normalized spacial score (nSPS) is 10.2. The highest BCUT2D eigenvalue weighted by Gasteiger charge is 2.09. The van der Waals surface area contributed by atoms with Crippen molar-refractivity contribution in [2.24, 2.45) is 5.73 Å². The highest BCUT2D eigenvalue weighted by molar-refractivity contribution is 9.10. The molecule has 0 aliphatic rings. The third-order valence-electron chi connectivity index (χ3n) is 2.66. The van der Waals surface area contributed by atoms with Crippen LogP contribution < -0.4 is 15.8 Å². The molecule has 0 saturated heterocycles. The number of carbonyl (C=O) groups excluding carboxylic acids is 1. The SMILES string of the molecule is NCCOc1cccc(NC(=O)c2ccc(Br)c(F)c2)c1. The number of carbonyl (C=O) groups is 1. The minimum absolute atomic E-state index is 0.240. The van der Waals surface area contributed by atoms with Gasteiger partial charge in [-0.25, -0.2) is 4.39 Å². The van der Waals surface area contributed by atoms with Crippen LogP contribution in [0, 0.1) is 5.82 Å². The Labute approximate surface area is 130 Å². The summed E-state index contributed by atoms with van der Waals surface area (Å²) in [5.74, 6) is -0.264. The summed E-state index contributed by atoms with van der Waals surface area (Å²) in [7, 11) is 0. The van der Waals surface area contributed by atoms with E-state index in [-0.39, 0.29) is 5.56 Å². The van der Waals surface area contributed by atoms with Crippen molar-refractivity contribution < 1.29 is 13.9 Å². The fraction of sp³-hybridized carbons (Fsp3) is 0.133. The number of rotatable bonds is 5. The van der Waals surface area contributed by atoms with Crippen LogP contribution in [0.15, 0.2) is 46.9 Å². The molecule has 0 radical (unpaired) electrons. The molecule has 2 rings (SSSR count). The van der Waals surface area contributed by atoms with Gasteiger partial charge in [0.25, 0.3) is 5.91 Å². The van der Waals surface area contributed by atoms with E-state index in [2.05, 4.69) is 21.2 Å². The van der Waals surface area contributed by atoms with Crippen LogP contribution in [0.4, 0.5) is 10.1 Å². The molecule has 0 aromatic heterocycles. The summed E-state index contributed by atoms with van der Waals surface area (Å²) in [5.41, 5.74) is 6.17. The molecule has 0 heterocycles. The van der Waals surface area contributed by atoms with Gasteiger partial charge in [0, 0.05) is 23.9 Å². The Morgan fingerprint density at radius 1 is 1.29 bits per heavy atom. The van der Waals surface area contributed by atoms with E-state index >= 15 is 0 Å². The molecule has 2 aromatic rings. The largest absolute Gasteiger partial charge is 0.492 e. The zero-order chi connectivity index (χ0) is 15.2.